The lowest BCUT2D eigenvalue weighted by Gasteiger charge is -2.37. The number of halogens is 4. The second-order valence-corrected chi connectivity index (χ2v) is 9.67. The molecule has 0 aliphatic carbocycles. The van der Waals surface area contributed by atoms with Crippen LogP contribution in [0, 0.1) is 0 Å². The fourth-order valence-corrected chi connectivity index (χ4v) is 4.61. The van der Waals surface area contributed by atoms with E-state index in [1.165, 1.54) is 30.6 Å². The second kappa shape index (κ2) is 10.8. The molecule has 2 N–H and O–H groups in total. The lowest BCUT2D eigenvalue weighted by Crippen LogP contribution is -2.45. The van der Waals surface area contributed by atoms with Gasteiger partial charge < -0.3 is 29.7 Å². The number of fused-ring (bicyclic) bond motifs is 1. The first kappa shape index (κ1) is 26.8. The molecule has 1 aromatic heterocycles. The molecule has 1 amide bonds. The molecular formula is C26H25ClF3N5O4. The van der Waals surface area contributed by atoms with Crippen LogP contribution in [-0.4, -0.2) is 54.3 Å². The smallest absolute Gasteiger partial charge is 0.416 e. The number of benzene rings is 2. The number of ether oxygens (including phenoxy) is 3. The van der Waals surface area contributed by atoms with E-state index in [4.69, 9.17) is 25.8 Å². The van der Waals surface area contributed by atoms with E-state index in [2.05, 4.69) is 20.6 Å². The average Bonchev–Trinajstić information content (AvgIpc) is 2.89. The molecular weight excluding hydrogens is 539 g/mol. The third kappa shape index (κ3) is 6.12. The Hall–Kier alpha value is -3.77. The highest BCUT2D eigenvalue weighted by molar-refractivity contribution is 6.32. The Morgan fingerprint density at radius 3 is 2.67 bits per heavy atom. The van der Waals surface area contributed by atoms with Crippen molar-refractivity contribution in [3.05, 3.63) is 58.9 Å². The van der Waals surface area contributed by atoms with E-state index in [1.807, 2.05) is 18.7 Å². The maximum Gasteiger partial charge on any atom is 0.416 e. The zero-order valence-electron chi connectivity index (χ0n) is 21.0. The third-order valence-electron chi connectivity index (χ3n) is 6.10. The van der Waals surface area contributed by atoms with Crippen molar-refractivity contribution in [1.29, 1.82) is 0 Å². The van der Waals surface area contributed by atoms with E-state index in [-0.39, 0.29) is 40.1 Å². The summed E-state index contributed by atoms with van der Waals surface area (Å²) in [4.78, 5) is 23.1. The van der Waals surface area contributed by atoms with Crippen LogP contribution >= 0.6 is 11.6 Å². The zero-order valence-corrected chi connectivity index (χ0v) is 21.8. The lowest BCUT2D eigenvalue weighted by atomic mass is 10.1. The molecule has 2 aromatic carbocycles. The first-order chi connectivity index (χ1) is 18.6. The van der Waals surface area contributed by atoms with Crippen molar-refractivity contribution in [3.63, 3.8) is 0 Å². The maximum atomic E-state index is 13.7. The number of hydrogen-bond acceptors (Lipinski definition) is 8. The molecule has 0 unspecified atom stereocenters. The van der Waals surface area contributed by atoms with Gasteiger partial charge in [0.2, 0.25) is 5.75 Å². The predicted octanol–water partition coefficient (Wildman–Crippen LogP) is 5.61. The van der Waals surface area contributed by atoms with Crippen LogP contribution in [0.1, 0.15) is 29.8 Å². The highest BCUT2D eigenvalue weighted by Gasteiger charge is 2.33. The molecule has 3 heterocycles. The Morgan fingerprint density at radius 2 is 1.92 bits per heavy atom. The second-order valence-electron chi connectivity index (χ2n) is 9.26. The number of hydrogen-bond donors (Lipinski definition) is 2. The first-order valence-electron chi connectivity index (χ1n) is 12.2. The number of anilines is 3. The van der Waals surface area contributed by atoms with Gasteiger partial charge in [0, 0.05) is 30.0 Å². The number of nitrogens with zero attached hydrogens (tertiary/aromatic N) is 3. The molecule has 0 spiro atoms. The monoisotopic (exact) mass is 563 g/mol. The number of morpholine rings is 1. The fraction of sp³-hybridized carbons (Fsp3) is 0.346. The molecule has 1 fully saturated rings. The minimum absolute atomic E-state index is 0.00149. The van der Waals surface area contributed by atoms with Gasteiger partial charge in [-0.2, -0.15) is 18.2 Å². The largest absolute Gasteiger partial charge is 0.483 e. The number of nitrogens with one attached hydrogen (secondary N) is 2. The summed E-state index contributed by atoms with van der Waals surface area (Å²) in [7, 11) is 0. The topological polar surface area (TPSA) is 97.8 Å². The number of alkyl halides is 3. The van der Waals surface area contributed by atoms with Gasteiger partial charge in [0.25, 0.3) is 11.8 Å². The summed E-state index contributed by atoms with van der Waals surface area (Å²) in [6.45, 7) is 5.51. The molecule has 1 saturated heterocycles. The molecule has 3 aromatic rings. The highest BCUT2D eigenvalue weighted by Crippen LogP contribution is 2.39. The van der Waals surface area contributed by atoms with Crippen molar-refractivity contribution in [1.82, 2.24) is 9.97 Å². The van der Waals surface area contributed by atoms with Gasteiger partial charge in [0.05, 0.1) is 29.3 Å². The van der Waals surface area contributed by atoms with Crippen molar-refractivity contribution < 1.29 is 32.2 Å². The first-order valence-corrected chi connectivity index (χ1v) is 12.6. The number of amides is 1. The minimum Gasteiger partial charge on any atom is -0.483 e. The van der Waals surface area contributed by atoms with Gasteiger partial charge in [-0.15, -0.1) is 0 Å². The summed E-state index contributed by atoms with van der Waals surface area (Å²) in [5.41, 5.74) is -0.420. The number of carbonyl (C=O) groups is 1. The van der Waals surface area contributed by atoms with Crippen molar-refractivity contribution >= 4 is 34.7 Å². The molecule has 13 heteroatoms. The average molecular weight is 564 g/mol. The van der Waals surface area contributed by atoms with Gasteiger partial charge in [-0.1, -0.05) is 11.6 Å². The molecule has 9 nitrogen and oxygen atoms in total. The van der Waals surface area contributed by atoms with E-state index in [0.29, 0.717) is 43.5 Å². The van der Waals surface area contributed by atoms with Gasteiger partial charge >= 0.3 is 6.18 Å². The normalized spacial score (nSPS) is 19.0. The van der Waals surface area contributed by atoms with E-state index >= 15 is 0 Å². The molecule has 206 valence electrons. The number of rotatable bonds is 5. The van der Waals surface area contributed by atoms with Crippen LogP contribution in [0.15, 0.2) is 42.7 Å². The van der Waals surface area contributed by atoms with Gasteiger partial charge in [-0.25, -0.2) is 4.98 Å². The van der Waals surface area contributed by atoms with Gasteiger partial charge in [-0.3, -0.25) is 4.79 Å². The summed E-state index contributed by atoms with van der Waals surface area (Å²) in [5, 5.41) is 5.84. The Labute approximate surface area is 227 Å². The molecule has 2 atom stereocenters. The Bertz CT molecular complexity index is 1380. The summed E-state index contributed by atoms with van der Waals surface area (Å²) in [5.74, 6) is 0.329. The van der Waals surface area contributed by atoms with Crippen molar-refractivity contribution in [2.45, 2.75) is 32.2 Å². The van der Waals surface area contributed by atoms with E-state index in [9.17, 15) is 18.0 Å². The van der Waals surface area contributed by atoms with E-state index in [0.717, 1.165) is 12.1 Å². The number of aromatic nitrogens is 2. The van der Waals surface area contributed by atoms with Gasteiger partial charge in [0.15, 0.2) is 5.82 Å². The highest BCUT2D eigenvalue weighted by atomic mass is 35.5. The lowest BCUT2D eigenvalue weighted by molar-refractivity contribution is -0.137. The number of carbonyl (C=O) groups excluding carboxylic acids is 1. The Morgan fingerprint density at radius 1 is 1.15 bits per heavy atom. The van der Waals surface area contributed by atoms with Crippen LogP contribution in [0.3, 0.4) is 0 Å². The molecule has 0 radical (unpaired) electrons. The minimum atomic E-state index is -4.60. The van der Waals surface area contributed by atoms with Gasteiger partial charge in [0.1, 0.15) is 18.7 Å². The summed E-state index contributed by atoms with van der Waals surface area (Å²) in [6, 6.07) is 7.77. The van der Waals surface area contributed by atoms with E-state index in [1.54, 1.807) is 0 Å². The van der Waals surface area contributed by atoms with Crippen LogP contribution in [0.25, 0.3) is 0 Å². The SMILES string of the molecule is C[C@@H]1CN(c2cc(NC(=O)c3ccc(Cl)c(Oc4ncnc5c4OCCN5)c3)cc(C(F)(F)F)c2)C[C@H](C)O1. The van der Waals surface area contributed by atoms with Crippen LogP contribution in [0.5, 0.6) is 17.4 Å². The Balaban J connectivity index is 1.41. The molecule has 2 aliphatic rings. The van der Waals surface area contributed by atoms with Crippen molar-refractivity contribution in [2.75, 3.05) is 41.8 Å². The fourth-order valence-electron chi connectivity index (χ4n) is 4.46. The van der Waals surface area contributed by atoms with Crippen LogP contribution in [0.4, 0.5) is 30.4 Å². The zero-order chi connectivity index (χ0) is 27.7. The summed E-state index contributed by atoms with van der Waals surface area (Å²) >= 11 is 6.30. The molecule has 0 bridgehead atoms. The van der Waals surface area contributed by atoms with Crippen LogP contribution < -0.4 is 25.0 Å². The quantitative estimate of drug-likeness (QED) is 0.413. The standard InChI is InChI=1S/C26H25ClF3N5O4/c1-14-11-35(12-15(2)38-14)19-9-17(26(28,29)30)8-18(10-19)34-24(36)16-3-4-20(27)21(7-16)39-25-22-23(32-13-33-25)31-5-6-37-22/h3-4,7-10,13-15H,5-6,11-12H2,1-2H3,(H,34,36)(H,31,32,33)/t14-,15+. The molecule has 0 saturated carbocycles. The van der Waals surface area contributed by atoms with Crippen LogP contribution in [0.2, 0.25) is 5.02 Å². The maximum absolute atomic E-state index is 13.7. The predicted molar refractivity (Wildman–Crippen MR) is 139 cm³/mol. The molecule has 2 aliphatic heterocycles. The third-order valence-corrected chi connectivity index (χ3v) is 6.41. The summed E-state index contributed by atoms with van der Waals surface area (Å²) in [6.07, 6.45) is -3.62. The summed E-state index contributed by atoms with van der Waals surface area (Å²) < 4.78 is 58.4. The van der Waals surface area contributed by atoms with Gasteiger partial charge in [-0.05, 0) is 50.2 Å². The van der Waals surface area contributed by atoms with Crippen LogP contribution in [-0.2, 0) is 10.9 Å². The van der Waals surface area contributed by atoms with E-state index < -0.39 is 17.6 Å². The van der Waals surface area contributed by atoms with Crippen molar-refractivity contribution in [3.8, 4) is 17.4 Å². The molecule has 5 rings (SSSR count). The van der Waals surface area contributed by atoms with Crippen molar-refractivity contribution in [2.24, 2.45) is 0 Å². The Kier molecular flexibility index (Phi) is 7.41. The molecule has 39 heavy (non-hydrogen) atoms.